The Balaban J connectivity index is 1.77. The smallest absolute Gasteiger partial charge is 0.262 e. The van der Waals surface area contributed by atoms with E-state index < -0.39 is 0 Å². The minimum atomic E-state index is -0.298. The van der Waals surface area contributed by atoms with Gasteiger partial charge in [-0.2, -0.15) is 0 Å². The first-order valence-electron chi connectivity index (χ1n) is 7.98. The highest BCUT2D eigenvalue weighted by atomic mass is 35.5. The number of carbonyl (C=O) groups is 1. The van der Waals surface area contributed by atoms with Crippen molar-refractivity contribution in [3.63, 3.8) is 0 Å². The van der Waals surface area contributed by atoms with Crippen LogP contribution in [-0.4, -0.2) is 15.5 Å². The Hall–Kier alpha value is -2.57. The van der Waals surface area contributed by atoms with Gasteiger partial charge in [0.2, 0.25) is 11.9 Å². The lowest BCUT2D eigenvalue weighted by Gasteiger charge is -2.14. The lowest BCUT2D eigenvalue weighted by molar-refractivity contribution is -0.119. The van der Waals surface area contributed by atoms with Crippen LogP contribution in [-0.2, 0) is 17.8 Å². The molecule has 8 heteroatoms. The molecule has 0 saturated heterocycles. The van der Waals surface area contributed by atoms with Crippen molar-refractivity contribution in [2.24, 2.45) is 0 Å². The minimum Gasteiger partial charge on any atom is -0.277 e. The number of anilines is 1. The van der Waals surface area contributed by atoms with Crippen LogP contribution >= 0.6 is 23.2 Å². The molecule has 2 N–H and O–H groups in total. The highest BCUT2D eigenvalue weighted by Gasteiger charge is 2.11. The van der Waals surface area contributed by atoms with Crippen LogP contribution in [0.4, 0.5) is 5.95 Å². The first-order valence-corrected chi connectivity index (χ1v) is 8.73. The second-order valence-electron chi connectivity index (χ2n) is 5.60. The van der Waals surface area contributed by atoms with Crippen molar-refractivity contribution in [1.82, 2.24) is 15.0 Å². The molecule has 1 amide bonds. The molecule has 0 aliphatic rings. The Kier molecular flexibility index (Phi) is 5.44. The number of hydrogen-bond acceptors (Lipinski definition) is 4. The second-order valence-corrected chi connectivity index (χ2v) is 6.41. The third-order valence-corrected chi connectivity index (χ3v) is 4.58. The molecule has 0 bridgehead atoms. The number of nitrogens with zero attached hydrogens (tertiary/aromatic N) is 2. The zero-order chi connectivity index (χ0) is 18.7. The van der Waals surface area contributed by atoms with Crippen LogP contribution in [0.2, 0.25) is 10.0 Å². The number of hydrogen-bond donors (Lipinski definition) is 2. The highest BCUT2D eigenvalue weighted by molar-refractivity contribution is 6.42. The van der Waals surface area contributed by atoms with Gasteiger partial charge in [-0.15, -0.1) is 0 Å². The number of fused-ring (bicyclic) bond motifs is 1. The number of aromatic nitrogens is 2. The van der Waals surface area contributed by atoms with Gasteiger partial charge in [0.15, 0.2) is 0 Å². The molecule has 134 valence electrons. The number of para-hydroxylation sites is 1. The van der Waals surface area contributed by atoms with Crippen LogP contribution in [0, 0.1) is 0 Å². The van der Waals surface area contributed by atoms with E-state index in [-0.39, 0.29) is 23.8 Å². The van der Waals surface area contributed by atoms with Gasteiger partial charge in [-0.3, -0.25) is 25.0 Å². The van der Waals surface area contributed by atoms with Crippen molar-refractivity contribution in [3.05, 3.63) is 68.4 Å². The van der Waals surface area contributed by atoms with Crippen LogP contribution < -0.4 is 16.4 Å². The van der Waals surface area contributed by atoms with E-state index in [4.69, 9.17) is 23.2 Å². The van der Waals surface area contributed by atoms with Crippen molar-refractivity contribution >= 4 is 46.0 Å². The first-order chi connectivity index (χ1) is 12.5. The zero-order valence-corrected chi connectivity index (χ0v) is 15.4. The molecule has 0 saturated carbocycles. The molecule has 0 aliphatic carbocycles. The summed E-state index contributed by atoms with van der Waals surface area (Å²) < 4.78 is 1.46. The fourth-order valence-corrected chi connectivity index (χ4v) is 2.88. The molecular weight excluding hydrogens is 375 g/mol. The van der Waals surface area contributed by atoms with E-state index in [9.17, 15) is 9.59 Å². The summed E-state index contributed by atoms with van der Waals surface area (Å²) in [4.78, 5) is 29.1. The van der Waals surface area contributed by atoms with Crippen LogP contribution in [0.1, 0.15) is 12.5 Å². The Morgan fingerprint density at radius 3 is 2.65 bits per heavy atom. The molecule has 3 rings (SSSR count). The average Bonchev–Trinajstić information content (AvgIpc) is 2.63. The summed E-state index contributed by atoms with van der Waals surface area (Å²) in [6.45, 7) is 2.25. The maximum absolute atomic E-state index is 12.5. The lowest BCUT2D eigenvalue weighted by atomic mass is 10.1. The Morgan fingerprint density at radius 1 is 1.15 bits per heavy atom. The fourth-order valence-electron chi connectivity index (χ4n) is 2.56. The minimum absolute atomic E-state index is 0.105. The van der Waals surface area contributed by atoms with E-state index in [1.807, 2.05) is 6.92 Å². The molecule has 6 nitrogen and oxygen atoms in total. The van der Waals surface area contributed by atoms with E-state index in [1.54, 1.807) is 42.5 Å². The van der Waals surface area contributed by atoms with Crippen molar-refractivity contribution in [1.29, 1.82) is 0 Å². The van der Waals surface area contributed by atoms with E-state index in [2.05, 4.69) is 15.8 Å². The molecule has 0 radical (unpaired) electrons. The SMILES string of the molecule is CCn1c(NNC(=O)Cc2ccc(Cl)c(Cl)c2)nc2ccccc2c1=O. The van der Waals surface area contributed by atoms with Gasteiger partial charge in [0.05, 0.1) is 27.4 Å². The van der Waals surface area contributed by atoms with Crippen LogP contribution in [0.3, 0.4) is 0 Å². The number of carbonyl (C=O) groups excluding carboxylic acids is 1. The highest BCUT2D eigenvalue weighted by Crippen LogP contribution is 2.22. The standard InChI is InChI=1S/C18H16Cl2N4O2/c1-2-24-17(26)12-5-3-4-6-15(12)21-18(24)23-22-16(25)10-11-7-8-13(19)14(20)9-11/h3-9H,2,10H2,1H3,(H,21,23)(H,22,25). The van der Waals surface area contributed by atoms with Gasteiger partial charge in [-0.05, 0) is 36.8 Å². The largest absolute Gasteiger partial charge is 0.277 e. The summed E-state index contributed by atoms with van der Waals surface area (Å²) in [5.74, 6) is -0.0212. The quantitative estimate of drug-likeness (QED) is 0.654. The van der Waals surface area contributed by atoms with Crippen molar-refractivity contribution in [2.75, 3.05) is 5.43 Å². The molecule has 1 heterocycles. The van der Waals surface area contributed by atoms with Gasteiger partial charge >= 0.3 is 0 Å². The summed E-state index contributed by atoms with van der Waals surface area (Å²) in [5, 5.41) is 1.35. The van der Waals surface area contributed by atoms with Gasteiger partial charge in [0.1, 0.15) is 0 Å². The first kappa shape index (κ1) is 18.2. The van der Waals surface area contributed by atoms with E-state index in [0.717, 1.165) is 5.56 Å². The van der Waals surface area contributed by atoms with Gasteiger partial charge < -0.3 is 0 Å². The second kappa shape index (κ2) is 7.76. The normalized spacial score (nSPS) is 10.7. The number of benzene rings is 2. The van der Waals surface area contributed by atoms with E-state index in [1.165, 1.54) is 4.57 Å². The number of amides is 1. The predicted octanol–water partition coefficient (Wildman–Crippen LogP) is 3.41. The molecule has 3 aromatic rings. The number of nitrogens with one attached hydrogen (secondary N) is 2. The van der Waals surface area contributed by atoms with Gasteiger partial charge in [0, 0.05) is 6.54 Å². The Morgan fingerprint density at radius 2 is 1.92 bits per heavy atom. The molecule has 26 heavy (non-hydrogen) atoms. The molecule has 0 unspecified atom stereocenters. The Bertz CT molecular complexity index is 1030. The third kappa shape index (κ3) is 3.81. The lowest BCUT2D eigenvalue weighted by Crippen LogP contribution is -2.35. The predicted molar refractivity (Wildman–Crippen MR) is 104 cm³/mol. The molecule has 0 spiro atoms. The Labute approximate surface area is 159 Å². The number of hydrazine groups is 1. The van der Waals surface area contributed by atoms with E-state index >= 15 is 0 Å². The summed E-state index contributed by atoms with van der Waals surface area (Å²) in [6.07, 6.45) is 0.105. The maximum atomic E-state index is 12.5. The fraction of sp³-hybridized carbons (Fsp3) is 0.167. The van der Waals surface area contributed by atoms with Gasteiger partial charge in [-0.1, -0.05) is 41.4 Å². The van der Waals surface area contributed by atoms with Crippen molar-refractivity contribution in [3.8, 4) is 0 Å². The molecular formula is C18H16Cl2N4O2. The van der Waals surface area contributed by atoms with Crippen molar-refractivity contribution in [2.45, 2.75) is 19.9 Å². The monoisotopic (exact) mass is 390 g/mol. The molecule has 0 fully saturated rings. The molecule has 1 aromatic heterocycles. The van der Waals surface area contributed by atoms with E-state index in [0.29, 0.717) is 27.5 Å². The number of rotatable bonds is 5. The average molecular weight is 391 g/mol. The zero-order valence-electron chi connectivity index (χ0n) is 13.9. The van der Waals surface area contributed by atoms with Crippen LogP contribution in [0.5, 0.6) is 0 Å². The summed E-state index contributed by atoms with van der Waals surface area (Å²) >= 11 is 11.8. The van der Waals surface area contributed by atoms with Crippen molar-refractivity contribution < 1.29 is 4.79 Å². The van der Waals surface area contributed by atoms with Crippen LogP contribution in [0.15, 0.2) is 47.3 Å². The molecule has 0 atom stereocenters. The number of halogens is 2. The summed E-state index contributed by atoms with van der Waals surface area (Å²) in [7, 11) is 0. The summed E-state index contributed by atoms with van der Waals surface area (Å²) in [6, 6.07) is 12.1. The maximum Gasteiger partial charge on any atom is 0.262 e. The topological polar surface area (TPSA) is 76.0 Å². The summed E-state index contributed by atoms with van der Waals surface area (Å²) in [5.41, 5.74) is 6.41. The van der Waals surface area contributed by atoms with Gasteiger partial charge in [0.25, 0.3) is 5.56 Å². The molecule has 0 aliphatic heterocycles. The van der Waals surface area contributed by atoms with Gasteiger partial charge in [-0.25, -0.2) is 4.98 Å². The van der Waals surface area contributed by atoms with Crippen LogP contribution in [0.25, 0.3) is 10.9 Å². The molecule has 2 aromatic carbocycles. The third-order valence-electron chi connectivity index (χ3n) is 3.84.